The molecule has 4 heterocycles. The molecule has 0 spiro atoms. The topological polar surface area (TPSA) is 128 Å². The molecule has 10 heteroatoms. The third kappa shape index (κ3) is 2.74. The van der Waals surface area contributed by atoms with Crippen LogP contribution in [0.5, 0.6) is 0 Å². The van der Waals surface area contributed by atoms with Crippen molar-refractivity contribution in [2.24, 2.45) is 0 Å². The number of aliphatic hydroxyl groups is 1. The predicted octanol–water partition coefficient (Wildman–Crippen LogP) is 0.295. The van der Waals surface area contributed by atoms with Gasteiger partial charge in [-0.15, -0.1) is 0 Å². The van der Waals surface area contributed by atoms with Gasteiger partial charge in [0, 0.05) is 31.7 Å². The molecule has 3 N–H and O–H groups in total. The Labute approximate surface area is 149 Å². The third-order valence-corrected chi connectivity index (χ3v) is 4.16. The number of imidazole rings is 1. The van der Waals surface area contributed by atoms with Crippen molar-refractivity contribution in [1.82, 2.24) is 29.5 Å². The average Bonchev–Trinajstić information content (AvgIpc) is 3.06. The Morgan fingerprint density at radius 1 is 1.19 bits per heavy atom. The van der Waals surface area contributed by atoms with Crippen LogP contribution in [0.15, 0.2) is 19.0 Å². The quantitative estimate of drug-likeness (QED) is 0.679. The van der Waals surface area contributed by atoms with Gasteiger partial charge in [0.1, 0.15) is 12.4 Å². The minimum Gasteiger partial charge on any atom is -0.388 e. The van der Waals surface area contributed by atoms with Crippen LogP contribution in [0.3, 0.4) is 0 Å². The maximum atomic E-state index is 9.62. The minimum atomic E-state index is -0.231. The Morgan fingerprint density at radius 3 is 2.58 bits per heavy atom. The smallest absolute Gasteiger partial charge is 0.219 e. The molecule has 0 radical (unpaired) electrons. The molecule has 0 saturated carbocycles. The van der Waals surface area contributed by atoms with E-state index < -0.39 is 0 Å². The second-order valence-electron chi connectivity index (χ2n) is 5.71. The first-order valence-electron chi connectivity index (χ1n) is 8.14. The summed E-state index contributed by atoms with van der Waals surface area (Å²) in [6, 6.07) is 0. The first-order valence-corrected chi connectivity index (χ1v) is 8.14. The second kappa shape index (κ2) is 6.65. The number of nitrogens with zero attached hydrogens (tertiary/aromatic N) is 7. The number of nitrogen functional groups attached to an aromatic ring is 1. The number of morpholine rings is 1. The third-order valence-electron chi connectivity index (χ3n) is 4.16. The normalized spacial score (nSPS) is 14.7. The molecule has 0 atom stereocenters. The average molecular weight is 354 g/mol. The first-order chi connectivity index (χ1) is 12.7. The molecule has 0 amide bonds. The molecule has 1 aliphatic heterocycles. The highest BCUT2D eigenvalue weighted by atomic mass is 16.5. The van der Waals surface area contributed by atoms with Crippen molar-refractivity contribution in [3.05, 3.63) is 24.8 Å². The van der Waals surface area contributed by atoms with Crippen LogP contribution in [-0.2, 0) is 11.3 Å². The van der Waals surface area contributed by atoms with E-state index in [1.807, 2.05) is 0 Å². The van der Waals surface area contributed by atoms with Crippen LogP contribution in [-0.4, -0.2) is 60.9 Å². The number of hydrogen-bond acceptors (Lipinski definition) is 9. The van der Waals surface area contributed by atoms with E-state index in [4.69, 9.17) is 15.5 Å². The van der Waals surface area contributed by atoms with Crippen LogP contribution >= 0.6 is 0 Å². The molecule has 0 bridgehead atoms. The summed E-state index contributed by atoms with van der Waals surface area (Å²) in [6.07, 6.45) is 4.72. The number of hydrogen-bond donors (Lipinski definition) is 2. The summed E-state index contributed by atoms with van der Waals surface area (Å²) >= 11 is 0. The molecule has 3 aromatic rings. The second-order valence-corrected chi connectivity index (χ2v) is 5.71. The number of nitrogens with two attached hydrogens (primary N) is 1. The Hall–Kier alpha value is -3.11. The van der Waals surface area contributed by atoms with Crippen LogP contribution in [0, 0.1) is 0 Å². The molecule has 26 heavy (non-hydrogen) atoms. The van der Waals surface area contributed by atoms with Crippen molar-refractivity contribution in [2.45, 2.75) is 6.61 Å². The monoisotopic (exact) mass is 354 g/mol. The summed E-state index contributed by atoms with van der Waals surface area (Å²) in [4.78, 5) is 23.9. The Balaban J connectivity index is 1.95. The van der Waals surface area contributed by atoms with Crippen LogP contribution in [0.25, 0.3) is 28.8 Å². The number of fused-ring (bicyclic) bond motifs is 1. The van der Waals surface area contributed by atoms with Crippen LogP contribution in [0.1, 0.15) is 5.82 Å². The molecule has 1 saturated heterocycles. The van der Waals surface area contributed by atoms with Gasteiger partial charge < -0.3 is 20.5 Å². The molecule has 1 fully saturated rings. The highest BCUT2D eigenvalue weighted by Gasteiger charge is 2.22. The zero-order valence-corrected chi connectivity index (χ0v) is 14.0. The van der Waals surface area contributed by atoms with Crippen LogP contribution < -0.4 is 10.6 Å². The zero-order chi connectivity index (χ0) is 18.1. The number of anilines is 2. The van der Waals surface area contributed by atoms with Gasteiger partial charge in [-0.3, -0.25) is 4.57 Å². The first kappa shape index (κ1) is 16.4. The Kier molecular flexibility index (Phi) is 4.19. The van der Waals surface area contributed by atoms with Crippen LogP contribution in [0.4, 0.5) is 11.8 Å². The molecular formula is C16H18N8O2. The number of rotatable bonds is 4. The molecule has 0 unspecified atom stereocenters. The van der Waals surface area contributed by atoms with Crippen molar-refractivity contribution >= 4 is 29.1 Å². The molecule has 3 aromatic heterocycles. The standard InChI is InChI=1S/C16H18N8O2/c1-2-24-11(9-25)20-12-14(23-3-5-26-6-4-23)21-13(22-15(12)24)10-7-18-16(17)19-8-10/h2,7-8,25H,1,3-6,9H2,(H2,17,18,19). The Morgan fingerprint density at radius 2 is 1.92 bits per heavy atom. The van der Waals surface area contributed by atoms with Gasteiger partial charge in [-0.2, -0.15) is 0 Å². The minimum absolute atomic E-state index is 0.182. The summed E-state index contributed by atoms with van der Waals surface area (Å²) < 4.78 is 7.09. The predicted molar refractivity (Wildman–Crippen MR) is 96.1 cm³/mol. The molecule has 4 rings (SSSR count). The summed E-state index contributed by atoms with van der Waals surface area (Å²) in [7, 11) is 0. The van der Waals surface area contributed by atoms with Gasteiger partial charge in [0.05, 0.1) is 18.8 Å². The number of aromatic nitrogens is 6. The van der Waals surface area contributed by atoms with E-state index in [0.717, 1.165) is 0 Å². The lowest BCUT2D eigenvalue weighted by molar-refractivity contribution is 0.122. The van der Waals surface area contributed by atoms with Gasteiger partial charge in [-0.1, -0.05) is 6.58 Å². The zero-order valence-electron chi connectivity index (χ0n) is 14.0. The maximum Gasteiger partial charge on any atom is 0.219 e. The van der Waals surface area contributed by atoms with Crippen molar-refractivity contribution in [1.29, 1.82) is 0 Å². The van der Waals surface area contributed by atoms with Gasteiger partial charge in [0.15, 0.2) is 22.8 Å². The van der Waals surface area contributed by atoms with E-state index in [1.54, 1.807) is 23.2 Å². The van der Waals surface area contributed by atoms with E-state index in [0.29, 0.717) is 60.5 Å². The summed E-state index contributed by atoms with van der Waals surface area (Å²) in [6.45, 7) is 6.17. The van der Waals surface area contributed by atoms with Gasteiger partial charge >= 0.3 is 0 Å². The van der Waals surface area contributed by atoms with Gasteiger partial charge in [-0.25, -0.2) is 24.9 Å². The van der Waals surface area contributed by atoms with E-state index in [1.165, 1.54) is 0 Å². The largest absolute Gasteiger partial charge is 0.388 e. The van der Waals surface area contributed by atoms with Gasteiger partial charge in [0.25, 0.3) is 0 Å². The molecule has 1 aliphatic rings. The number of ether oxygens (including phenoxy) is 1. The molecule has 10 nitrogen and oxygen atoms in total. The SMILES string of the molecule is C=Cn1c(CO)nc2c(N3CCOCC3)nc(-c3cnc(N)nc3)nc21. The lowest BCUT2D eigenvalue weighted by atomic mass is 10.3. The number of aliphatic hydroxyl groups excluding tert-OH is 1. The summed E-state index contributed by atoms with van der Waals surface area (Å²) in [5.74, 6) is 1.76. The van der Waals surface area contributed by atoms with Crippen LogP contribution in [0.2, 0.25) is 0 Å². The van der Waals surface area contributed by atoms with Gasteiger partial charge in [0.2, 0.25) is 5.95 Å². The maximum absolute atomic E-state index is 9.62. The molecule has 0 aliphatic carbocycles. The van der Waals surface area contributed by atoms with E-state index >= 15 is 0 Å². The lowest BCUT2D eigenvalue weighted by Crippen LogP contribution is -2.37. The Bertz CT molecular complexity index is 947. The molecule has 0 aromatic carbocycles. The fourth-order valence-corrected chi connectivity index (χ4v) is 2.89. The highest BCUT2D eigenvalue weighted by Crippen LogP contribution is 2.28. The van der Waals surface area contributed by atoms with Crippen molar-refractivity contribution in [3.8, 4) is 11.4 Å². The molecular weight excluding hydrogens is 336 g/mol. The van der Waals surface area contributed by atoms with Crippen molar-refractivity contribution < 1.29 is 9.84 Å². The summed E-state index contributed by atoms with van der Waals surface area (Å²) in [5.41, 5.74) is 7.38. The van der Waals surface area contributed by atoms with E-state index in [-0.39, 0.29) is 12.6 Å². The lowest BCUT2D eigenvalue weighted by Gasteiger charge is -2.28. The highest BCUT2D eigenvalue weighted by molar-refractivity contribution is 5.87. The van der Waals surface area contributed by atoms with E-state index in [9.17, 15) is 5.11 Å². The summed E-state index contributed by atoms with van der Waals surface area (Å²) in [5, 5.41) is 9.62. The fourth-order valence-electron chi connectivity index (χ4n) is 2.89. The van der Waals surface area contributed by atoms with Crippen molar-refractivity contribution in [3.63, 3.8) is 0 Å². The van der Waals surface area contributed by atoms with E-state index in [2.05, 4.69) is 31.4 Å². The van der Waals surface area contributed by atoms with Gasteiger partial charge in [-0.05, 0) is 0 Å². The van der Waals surface area contributed by atoms with Crippen molar-refractivity contribution in [2.75, 3.05) is 36.9 Å². The molecule has 134 valence electrons. The fraction of sp³-hybridized carbons (Fsp3) is 0.312.